The molecule has 190 valence electrons. The summed E-state index contributed by atoms with van der Waals surface area (Å²) in [6.45, 7) is 6.92. The van der Waals surface area contributed by atoms with Gasteiger partial charge in [-0.2, -0.15) is 0 Å². The van der Waals surface area contributed by atoms with Crippen LogP contribution < -0.4 is 0 Å². The number of hydrogen-bond acceptors (Lipinski definition) is 5. The molecule has 0 saturated carbocycles. The highest BCUT2D eigenvalue weighted by Gasteiger charge is 2.50. The van der Waals surface area contributed by atoms with Crippen molar-refractivity contribution in [1.82, 2.24) is 19.8 Å². The molecule has 2 aliphatic heterocycles. The number of aromatic amines is 1. The van der Waals surface area contributed by atoms with Crippen LogP contribution in [0.3, 0.4) is 0 Å². The normalized spacial score (nSPS) is 20.2. The van der Waals surface area contributed by atoms with Crippen molar-refractivity contribution in [3.63, 3.8) is 0 Å². The number of para-hydroxylation sites is 3. The van der Waals surface area contributed by atoms with Gasteiger partial charge >= 0.3 is 5.91 Å². The minimum atomic E-state index is -0.466. The number of hydrogen-bond donors (Lipinski definition) is 1. The van der Waals surface area contributed by atoms with E-state index in [1.807, 2.05) is 74.2 Å². The maximum absolute atomic E-state index is 13.8. The summed E-state index contributed by atoms with van der Waals surface area (Å²) < 4.78 is 5.69. The molecule has 0 unspecified atom stereocenters. The fraction of sp³-hybridized carbons (Fsp3) is 0.379. The van der Waals surface area contributed by atoms with E-state index < -0.39 is 11.3 Å². The Labute approximate surface area is 214 Å². The van der Waals surface area contributed by atoms with Crippen molar-refractivity contribution in [2.24, 2.45) is 11.3 Å². The van der Waals surface area contributed by atoms with Gasteiger partial charge in [0.15, 0.2) is 11.4 Å². The number of likely N-dealkylation sites (tertiary alicyclic amines) is 2. The van der Waals surface area contributed by atoms with E-state index in [1.165, 1.54) is 0 Å². The SMILES string of the molecule is CC(C)(C)[C@H](CC(=O)c1cc2ccccc2[nH]1)C(=O)N1C[C@@H]2C[C@H]1CN2C(=O)c1nc2ccccc2o1. The van der Waals surface area contributed by atoms with Gasteiger partial charge in [0.05, 0.1) is 23.7 Å². The highest BCUT2D eigenvalue weighted by molar-refractivity contribution is 6.01. The fourth-order valence-corrected chi connectivity index (χ4v) is 5.76. The van der Waals surface area contributed by atoms with E-state index in [0.717, 1.165) is 17.3 Å². The van der Waals surface area contributed by atoms with E-state index >= 15 is 0 Å². The lowest BCUT2D eigenvalue weighted by molar-refractivity contribution is -0.141. The number of carbonyl (C=O) groups excluding carboxylic acids is 3. The molecule has 0 spiro atoms. The van der Waals surface area contributed by atoms with Crippen molar-refractivity contribution in [3.8, 4) is 0 Å². The second kappa shape index (κ2) is 8.57. The molecule has 2 bridgehead atoms. The third-order valence-corrected chi connectivity index (χ3v) is 7.82. The van der Waals surface area contributed by atoms with Gasteiger partial charge in [-0.1, -0.05) is 51.1 Å². The van der Waals surface area contributed by atoms with Crippen molar-refractivity contribution in [3.05, 3.63) is 66.2 Å². The standard InChI is InChI=1S/C29H30N4O4/c1-29(2,3)20(14-24(34)23-12-17-8-4-5-9-21(17)30-23)27(35)32-15-19-13-18(32)16-33(19)28(36)26-31-22-10-6-7-11-25(22)37-26/h4-12,18-20,30H,13-16H2,1-3H3/t18-,19-,20+/m0/s1. The zero-order valence-corrected chi connectivity index (χ0v) is 21.2. The first-order valence-corrected chi connectivity index (χ1v) is 12.8. The second-order valence-corrected chi connectivity index (χ2v) is 11.3. The van der Waals surface area contributed by atoms with Gasteiger partial charge in [0, 0.05) is 30.4 Å². The van der Waals surface area contributed by atoms with Crippen molar-refractivity contribution in [1.29, 1.82) is 0 Å². The van der Waals surface area contributed by atoms with Gasteiger partial charge in [0.2, 0.25) is 5.91 Å². The summed E-state index contributed by atoms with van der Waals surface area (Å²) in [5.74, 6) is -0.702. The van der Waals surface area contributed by atoms with Crippen LogP contribution in [0.5, 0.6) is 0 Å². The van der Waals surface area contributed by atoms with Crippen LogP contribution in [0.2, 0.25) is 0 Å². The van der Waals surface area contributed by atoms with E-state index in [2.05, 4.69) is 9.97 Å². The summed E-state index contributed by atoms with van der Waals surface area (Å²) in [5.41, 5.74) is 2.28. The van der Waals surface area contributed by atoms with E-state index in [1.54, 1.807) is 11.0 Å². The number of fused-ring (bicyclic) bond motifs is 4. The monoisotopic (exact) mass is 498 g/mol. The molecule has 2 fully saturated rings. The second-order valence-electron chi connectivity index (χ2n) is 11.3. The Morgan fingerprint density at radius 1 is 1.03 bits per heavy atom. The molecule has 0 aliphatic carbocycles. The van der Waals surface area contributed by atoms with Crippen molar-refractivity contribution < 1.29 is 18.8 Å². The molecule has 6 rings (SSSR count). The van der Waals surface area contributed by atoms with Crippen LogP contribution in [0.15, 0.2) is 59.0 Å². The largest absolute Gasteiger partial charge is 0.432 e. The van der Waals surface area contributed by atoms with Gasteiger partial charge in [0.1, 0.15) is 5.52 Å². The molecule has 1 N–H and O–H groups in total. The number of aromatic nitrogens is 2. The van der Waals surface area contributed by atoms with Crippen LogP contribution in [0.4, 0.5) is 0 Å². The summed E-state index contributed by atoms with van der Waals surface area (Å²) >= 11 is 0. The van der Waals surface area contributed by atoms with Crippen LogP contribution in [0.1, 0.15) is 54.8 Å². The van der Waals surface area contributed by atoms with Crippen molar-refractivity contribution >= 4 is 39.6 Å². The third-order valence-electron chi connectivity index (χ3n) is 7.82. The molecule has 2 aromatic heterocycles. The molecule has 8 nitrogen and oxygen atoms in total. The first-order chi connectivity index (χ1) is 17.7. The number of oxazole rings is 1. The van der Waals surface area contributed by atoms with Crippen LogP contribution in [-0.4, -0.2) is 62.5 Å². The first kappa shape index (κ1) is 23.5. The van der Waals surface area contributed by atoms with Gasteiger partial charge in [0.25, 0.3) is 5.89 Å². The number of nitrogens with zero attached hydrogens (tertiary/aromatic N) is 3. The maximum atomic E-state index is 13.8. The number of amides is 2. The lowest BCUT2D eigenvalue weighted by Crippen LogP contribution is -2.53. The number of rotatable bonds is 5. The molecule has 0 radical (unpaired) electrons. The zero-order chi connectivity index (χ0) is 25.9. The quantitative estimate of drug-likeness (QED) is 0.403. The molecule has 2 saturated heterocycles. The third kappa shape index (κ3) is 4.10. The average Bonchev–Trinajstić information content (AvgIpc) is 3.66. The van der Waals surface area contributed by atoms with Gasteiger partial charge in [-0.25, -0.2) is 4.98 Å². The summed E-state index contributed by atoms with van der Waals surface area (Å²) in [6.07, 6.45) is 0.860. The molecule has 8 heteroatoms. The summed E-state index contributed by atoms with van der Waals surface area (Å²) in [7, 11) is 0. The molecular formula is C29H30N4O4. The molecule has 2 aliphatic rings. The zero-order valence-electron chi connectivity index (χ0n) is 21.2. The molecule has 2 amide bonds. The van der Waals surface area contributed by atoms with Crippen LogP contribution >= 0.6 is 0 Å². The average molecular weight is 499 g/mol. The summed E-state index contributed by atoms with van der Waals surface area (Å²) in [6, 6.07) is 16.8. The van der Waals surface area contributed by atoms with Crippen LogP contribution in [0.25, 0.3) is 22.0 Å². The van der Waals surface area contributed by atoms with E-state index in [0.29, 0.717) is 29.9 Å². The first-order valence-electron chi connectivity index (χ1n) is 12.8. The minimum absolute atomic E-state index is 0.0153. The lowest BCUT2D eigenvalue weighted by atomic mass is 9.76. The Balaban J connectivity index is 1.17. The molecule has 2 aromatic carbocycles. The molecule has 4 aromatic rings. The Morgan fingerprint density at radius 2 is 1.73 bits per heavy atom. The van der Waals surface area contributed by atoms with Crippen LogP contribution in [-0.2, 0) is 4.79 Å². The summed E-state index contributed by atoms with van der Waals surface area (Å²) in [5, 5.41) is 0.977. The Bertz CT molecular complexity index is 1460. The van der Waals surface area contributed by atoms with E-state index in [9.17, 15) is 14.4 Å². The Kier molecular flexibility index (Phi) is 5.44. The Hall–Kier alpha value is -3.94. The van der Waals surface area contributed by atoms with Crippen molar-refractivity contribution in [2.75, 3.05) is 13.1 Å². The van der Waals surface area contributed by atoms with Gasteiger partial charge < -0.3 is 19.2 Å². The smallest absolute Gasteiger partial charge is 0.310 e. The number of carbonyl (C=O) groups is 3. The fourth-order valence-electron chi connectivity index (χ4n) is 5.76. The van der Waals surface area contributed by atoms with E-state index in [4.69, 9.17) is 4.42 Å². The minimum Gasteiger partial charge on any atom is -0.432 e. The predicted molar refractivity (Wildman–Crippen MR) is 139 cm³/mol. The highest BCUT2D eigenvalue weighted by Crippen LogP contribution is 2.38. The lowest BCUT2D eigenvalue weighted by Gasteiger charge is -2.38. The van der Waals surface area contributed by atoms with E-state index in [-0.39, 0.29) is 42.0 Å². The van der Waals surface area contributed by atoms with Crippen molar-refractivity contribution in [2.45, 2.75) is 45.7 Å². The maximum Gasteiger partial charge on any atom is 0.310 e. The number of piperazine rings is 1. The van der Waals surface area contributed by atoms with Gasteiger partial charge in [-0.15, -0.1) is 0 Å². The topological polar surface area (TPSA) is 99.5 Å². The number of ketones is 1. The number of H-pyrrole nitrogens is 1. The molecule has 4 heterocycles. The van der Waals surface area contributed by atoms with Crippen LogP contribution in [0, 0.1) is 11.3 Å². The molecule has 37 heavy (non-hydrogen) atoms. The Morgan fingerprint density at radius 3 is 2.43 bits per heavy atom. The molecular weight excluding hydrogens is 468 g/mol. The number of Topliss-reactive ketones (excluding diaryl/α,β-unsaturated/α-hetero) is 1. The number of nitrogens with one attached hydrogen (secondary N) is 1. The highest BCUT2D eigenvalue weighted by atomic mass is 16.4. The predicted octanol–water partition coefficient (Wildman–Crippen LogP) is 4.67. The van der Waals surface area contributed by atoms with Gasteiger partial charge in [-0.05, 0) is 36.1 Å². The summed E-state index contributed by atoms with van der Waals surface area (Å²) in [4.78, 5) is 51.4. The van der Waals surface area contributed by atoms with Gasteiger partial charge in [-0.3, -0.25) is 14.4 Å². The molecule has 3 atom stereocenters. The number of benzene rings is 2.